The molecule has 0 bridgehead atoms. The highest BCUT2D eigenvalue weighted by molar-refractivity contribution is 5.77. The predicted molar refractivity (Wildman–Crippen MR) is 130 cm³/mol. The Balaban J connectivity index is 1.55. The van der Waals surface area contributed by atoms with Crippen molar-refractivity contribution in [2.45, 2.75) is 32.3 Å². The Bertz CT molecular complexity index is 1330. The molecule has 2 unspecified atom stereocenters. The van der Waals surface area contributed by atoms with E-state index in [9.17, 15) is 14.4 Å². The molecule has 8 heteroatoms. The molecule has 0 aromatic heterocycles. The number of halogens is 1. The quantitative estimate of drug-likeness (QED) is 0.343. The molecule has 1 aliphatic heterocycles. The van der Waals surface area contributed by atoms with Gasteiger partial charge in [0.05, 0.1) is 12.5 Å². The summed E-state index contributed by atoms with van der Waals surface area (Å²) in [4.78, 5) is 12.6. The third kappa shape index (κ3) is 5.26. The zero-order valence-corrected chi connectivity index (χ0v) is 19.9. The van der Waals surface area contributed by atoms with E-state index < -0.39 is 23.8 Å². The number of allylic oxidation sites excluding steroid dienone is 1. The minimum Gasteiger partial charge on any atom is -0.494 e. The first-order valence-electron chi connectivity index (χ1n) is 11.5. The third-order valence-corrected chi connectivity index (χ3v) is 5.57. The molecule has 0 radical (unpaired) electrons. The molecule has 3 aromatic rings. The van der Waals surface area contributed by atoms with Crippen LogP contribution in [0.2, 0.25) is 0 Å². The van der Waals surface area contributed by atoms with Crippen LogP contribution in [-0.4, -0.2) is 18.7 Å². The molecule has 36 heavy (non-hydrogen) atoms. The van der Waals surface area contributed by atoms with E-state index in [-0.39, 0.29) is 23.0 Å². The van der Waals surface area contributed by atoms with Gasteiger partial charge in [-0.15, -0.1) is 0 Å². The van der Waals surface area contributed by atoms with Gasteiger partial charge in [0.25, 0.3) is 0 Å². The zero-order chi connectivity index (χ0) is 25.7. The highest BCUT2D eigenvalue weighted by Crippen LogP contribution is 2.43. The number of nitrogens with two attached hydrogens (primary N) is 1. The number of hydrogen-bond donors (Lipinski definition) is 1. The molecule has 184 valence electrons. The van der Waals surface area contributed by atoms with Gasteiger partial charge >= 0.3 is 5.97 Å². The Morgan fingerprint density at radius 3 is 2.56 bits per heavy atom. The molecular weight excluding hydrogens is 463 g/mol. The molecule has 4 rings (SSSR count). The Hall–Kier alpha value is -4.51. The monoisotopic (exact) mass is 488 g/mol. The SMILES string of the molecule is CCCOc1ccc(C2C(C#N)=C(N)Oc3cc(OC(=O)C(C)Oc4ccccc4F)ccc32)cc1. The molecule has 2 N–H and O–H groups in total. The molecule has 1 aliphatic rings. The molecule has 1 heterocycles. The number of rotatable bonds is 8. The van der Waals surface area contributed by atoms with Crippen molar-refractivity contribution in [3.8, 4) is 29.1 Å². The van der Waals surface area contributed by atoms with E-state index >= 15 is 0 Å². The maximum Gasteiger partial charge on any atom is 0.352 e. The van der Waals surface area contributed by atoms with Gasteiger partial charge in [0, 0.05) is 11.6 Å². The van der Waals surface area contributed by atoms with Crippen LogP contribution in [-0.2, 0) is 4.79 Å². The first kappa shape index (κ1) is 24.6. The highest BCUT2D eigenvalue weighted by atomic mass is 19.1. The summed E-state index contributed by atoms with van der Waals surface area (Å²) in [6.07, 6.45) is -0.163. The van der Waals surface area contributed by atoms with Crippen LogP contribution in [0.5, 0.6) is 23.0 Å². The summed E-state index contributed by atoms with van der Waals surface area (Å²) in [5, 5.41) is 9.76. The van der Waals surface area contributed by atoms with Gasteiger partial charge in [0.1, 0.15) is 28.9 Å². The summed E-state index contributed by atoms with van der Waals surface area (Å²) >= 11 is 0. The molecule has 0 fully saturated rings. The number of para-hydroxylation sites is 1. The molecule has 3 aromatic carbocycles. The Kier molecular flexibility index (Phi) is 7.40. The maximum absolute atomic E-state index is 13.8. The minimum absolute atomic E-state index is 0.0268. The third-order valence-electron chi connectivity index (χ3n) is 5.57. The number of carbonyl (C=O) groups is 1. The second-order valence-corrected chi connectivity index (χ2v) is 8.15. The van der Waals surface area contributed by atoms with Crippen molar-refractivity contribution in [3.63, 3.8) is 0 Å². The van der Waals surface area contributed by atoms with E-state index in [1.807, 2.05) is 31.2 Å². The Labute approximate surface area is 208 Å². The molecule has 0 spiro atoms. The number of fused-ring (bicyclic) bond motifs is 1. The van der Waals surface area contributed by atoms with Crippen LogP contribution in [0.25, 0.3) is 0 Å². The Morgan fingerprint density at radius 1 is 1.14 bits per heavy atom. The number of nitrogens with zero attached hydrogens (tertiary/aromatic N) is 1. The van der Waals surface area contributed by atoms with E-state index in [4.69, 9.17) is 24.7 Å². The van der Waals surface area contributed by atoms with Crippen molar-refractivity contribution in [1.82, 2.24) is 0 Å². The van der Waals surface area contributed by atoms with Crippen molar-refractivity contribution in [3.05, 3.63) is 95.1 Å². The number of hydrogen-bond acceptors (Lipinski definition) is 7. The van der Waals surface area contributed by atoms with Crippen molar-refractivity contribution in [1.29, 1.82) is 5.26 Å². The number of carbonyl (C=O) groups excluding carboxylic acids is 1. The maximum atomic E-state index is 13.8. The topological polar surface area (TPSA) is 104 Å². The summed E-state index contributed by atoms with van der Waals surface area (Å²) in [5.74, 6) is -0.550. The predicted octanol–water partition coefficient (Wildman–Crippen LogP) is 5.21. The largest absolute Gasteiger partial charge is 0.494 e. The summed E-state index contributed by atoms with van der Waals surface area (Å²) in [7, 11) is 0. The van der Waals surface area contributed by atoms with Gasteiger partial charge in [-0.05, 0) is 49.2 Å². The van der Waals surface area contributed by atoms with Crippen LogP contribution >= 0.6 is 0 Å². The lowest BCUT2D eigenvalue weighted by molar-refractivity contribution is -0.141. The van der Waals surface area contributed by atoms with Crippen molar-refractivity contribution in [2.24, 2.45) is 5.73 Å². The second-order valence-electron chi connectivity index (χ2n) is 8.15. The van der Waals surface area contributed by atoms with E-state index in [0.29, 0.717) is 17.9 Å². The zero-order valence-electron chi connectivity index (χ0n) is 19.9. The first-order valence-corrected chi connectivity index (χ1v) is 11.5. The van der Waals surface area contributed by atoms with E-state index in [1.165, 1.54) is 31.2 Å². The number of ether oxygens (including phenoxy) is 4. The normalized spacial score (nSPS) is 15.2. The minimum atomic E-state index is -1.06. The summed E-state index contributed by atoms with van der Waals surface area (Å²) in [5.41, 5.74) is 7.88. The Morgan fingerprint density at radius 2 is 1.86 bits per heavy atom. The highest BCUT2D eigenvalue weighted by Gasteiger charge is 2.31. The first-order chi connectivity index (χ1) is 17.4. The van der Waals surface area contributed by atoms with Crippen molar-refractivity contribution in [2.75, 3.05) is 6.61 Å². The van der Waals surface area contributed by atoms with Gasteiger partial charge < -0.3 is 24.7 Å². The van der Waals surface area contributed by atoms with Gasteiger partial charge in [-0.2, -0.15) is 5.26 Å². The van der Waals surface area contributed by atoms with Gasteiger partial charge in [-0.3, -0.25) is 0 Å². The number of esters is 1. The average molecular weight is 489 g/mol. The van der Waals surface area contributed by atoms with Crippen molar-refractivity contribution < 1.29 is 28.1 Å². The van der Waals surface area contributed by atoms with Crippen LogP contribution in [0, 0.1) is 17.1 Å². The van der Waals surface area contributed by atoms with Crippen LogP contribution in [0.4, 0.5) is 4.39 Å². The average Bonchev–Trinajstić information content (AvgIpc) is 2.88. The second kappa shape index (κ2) is 10.8. The lowest BCUT2D eigenvalue weighted by Crippen LogP contribution is -2.29. The van der Waals surface area contributed by atoms with Crippen LogP contribution < -0.4 is 24.7 Å². The summed E-state index contributed by atoms with van der Waals surface area (Å²) < 4.78 is 36.0. The van der Waals surface area contributed by atoms with Crippen molar-refractivity contribution >= 4 is 5.97 Å². The smallest absolute Gasteiger partial charge is 0.352 e. The van der Waals surface area contributed by atoms with Gasteiger partial charge in [-0.1, -0.05) is 37.3 Å². The lowest BCUT2D eigenvalue weighted by Gasteiger charge is -2.27. The standard InChI is InChI=1S/C28H25FN2O5/c1-3-14-33-19-10-8-18(9-11-19)26-21-13-12-20(15-25(21)36-27(31)22(26)16-30)35-28(32)17(2)34-24-7-5-4-6-23(24)29/h4-13,15,17,26H,3,14,31H2,1-2H3. The van der Waals surface area contributed by atoms with E-state index in [2.05, 4.69) is 6.07 Å². The number of nitriles is 1. The molecular formula is C28H25FN2O5. The fourth-order valence-electron chi connectivity index (χ4n) is 3.80. The number of benzene rings is 3. The van der Waals surface area contributed by atoms with Crippen LogP contribution in [0.15, 0.2) is 78.2 Å². The van der Waals surface area contributed by atoms with Crippen LogP contribution in [0.3, 0.4) is 0 Å². The molecule has 7 nitrogen and oxygen atoms in total. The van der Waals surface area contributed by atoms with Crippen LogP contribution in [0.1, 0.15) is 37.3 Å². The molecule has 0 aliphatic carbocycles. The lowest BCUT2D eigenvalue weighted by atomic mass is 9.83. The molecule has 0 amide bonds. The molecule has 0 saturated carbocycles. The molecule has 0 saturated heterocycles. The fourth-order valence-corrected chi connectivity index (χ4v) is 3.80. The van der Waals surface area contributed by atoms with Gasteiger partial charge in [0.15, 0.2) is 17.7 Å². The molecule has 2 atom stereocenters. The summed E-state index contributed by atoms with van der Waals surface area (Å²) in [6.45, 7) is 4.11. The van der Waals surface area contributed by atoms with Gasteiger partial charge in [-0.25, -0.2) is 9.18 Å². The fraction of sp³-hybridized carbons (Fsp3) is 0.214. The van der Waals surface area contributed by atoms with Gasteiger partial charge in [0.2, 0.25) is 5.88 Å². The van der Waals surface area contributed by atoms with E-state index in [1.54, 1.807) is 18.2 Å². The summed E-state index contributed by atoms with van der Waals surface area (Å²) in [6, 6.07) is 20.2. The van der Waals surface area contributed by atoms with E-state index in [0.717, 1.165) is 17.7 Å².